The van der Waals surface area contributed by atoms with Gasteiger partial charge in [-0.15, -0.1) is 0 Å². The number of nitrogen functional groups attached to an aromatic ring is 1. The summed E-state index contributed by atoms with van der Waals surface area (Å²) in [7, 11) is 1.57. The number of nitrogens with one attached hydrogen (secondary N) is 1. The molecule has 0 aliphatic rings. The van der Waals surface area contributed by atoms with Crippen molar-refractivity contribution < 1.29 is 9.13 Å². The molecule has 0 aliphatic heterocycles. The molecule has 4 heteroatoms. The van der Waals surface area contributed by atoms with Gasteiger partial charge in [-0.25, -0.2) is 4.39 Å². The first-order chi connectivity index (χ1) is 8.20. The number of para-hydroxylation sites is 2. The first-order valence-electron chi connectivity index (χ1n) is 5.16. The van der Waals surface area contributed by atoms with Crippen molar-refractivity contribution in [2.45, 2.75) is 0 Å². The fourth-order valence-corrected chi connectivity index (χ4v) is 1.53. The van der Waals surface area contributed by atoms with Gasteiger partial charge in [-0.05, 0) is 30.3 Å². The average molecular weight is 232 g/mol. The van der Waals surface area contributed by atoms with Crippen LogP contribution in [0, 0.1) is 5.82 Å². The Labute approximate surface area is 99.0 Å². The van der Waals surface area contributed by atoms with Gasteiger partial charge in [0.15, 0.2) is 0 Å². The molecule has 0 aromatic heterocycles. The number of benzene rings is 2. The lowest BCUT2D eigenvalue weighted by atomic mass is 10.2. The van der Waals surface area contributed by atoms with Crippen LogP contribution in [0.25, 0.3) is 0 Å². The van der Waals surface area contributed by atoms with E-state index in [0.717, 1.165) is 0 Å². The van der Waals surface area contributed by atoms with Crippen LogP contribution in [-0.4, -0.2) is 7.11 Å². The molecule has 2 aromatic rings. The molecule has 3 nitrogen and oxygen atoms in total. The van der Waals surface area contributed by atoms with Gasteiger partial charge in [0.1, 0.15) is 11.6 Å². The minimum atomic E-state index is -0.393. The van der Waals surface area contributed by atoms with Crippen molar-refractivity contribution in [2.75, 3.05) is 18.2 Å². The largest absolute Gasteiger partial charge is 0.495 e. The van der Waals surface area contributed by atoms with Gasteiger partial charge < -0.3 is 15.8 Å². The zero-order valence-electron chi connectivity index (χ0n) is 9.41. The molecule has 0 fully saturated rings. The fraction of sp³-hybridized carbons (Fsp3) is 0.0769. The predicted molar refractivity (Wildman–Crippen MR) is 67.1 cm³/mol. The zero-order chi connectivity index (χ0) is 12.3. The summed E-state index contributed by atoms with van der Waals surface area (Å²) in [5, 5.41) is 2.96. The van der Waals surface area contributed by atoms with Crippen LogP contribution in [0.2, 0.25) is 0 Å². The molecule has 0 saturated carbocycles. The summed E-state index contributed by atoms with van der Waals surface area (Å²) in [6.07, 6.45) is 0. The maximum absolute atomic E-state index is 13.6. The third kappa shape index (κ3) is 2.47. The van der Waals surface area contributed by atoms with Crippen LogP contribution < -0.4 is 15.8 Å². The van der Waals surface area contributed by atoms with Crippen molar-refractivity contribution in [2.24, 2.45) is 0 Å². The topological polar surface area (TPSA) is 47.3 Å². The van der Waals surface area contributed by atoms with Gasteiger partial charge in [-0.3, -0.25) is 0 Å². The first-order valence-corrected chi connectivity index (χ1v) is 5.16. The second kappa shape index (κ2) is 4.74. The minimum absolute atomic E-state index is 0.365. The van der Waals surface area contributed by atoms with E-state index in [9.17, 15) is 4.39 Å². The summed E-state index contributed by atoms with van der Waals surface area (Å²) in [5.74, 6) is 0.264. The Morgan fingerprint density at radius 1 is 1.12 bits per heavy atom. The second-order valence-corrected chi connectivity index (χ2v) is 3.56. The molecule has 0 bridgehead atoms. The Hall–Kier alpha value is -2.23. The van der Waals surface area contributed by atoms with E-state index < -0.39 is 5.82 Å². The van der Waals surface area contributed by atoms with Gasteiger partial charge >= 0.3 is 0 Å². The van der Waals surface area contributed by atoms with Gasteiger partial charge in [-0.1, -0.05) is 12.1 Å². The molecule has 0 saturated heterocycles. The number of rotatable bonds is 3. The van der Waals surface area contributed by atoms with Crippen LogP contribution in [0.3, 0.4) is 0 Å². The molecular weight excluding hydrogens is 219 g/mol. The highest BCUT2D eigenvalue weighted by Crippen LogP contribution is 2.28. The van der Waals surface area contributed by atoms with E-state index in [2.05, 4.69) is 5.32 Å². The normalized spacial score (nSPS) is 10.0. The number of halogens is 1. The number of methoxy groups -OCH3 is 1. The zero-order valence-corrected chi connectivity index (χ0v) is 9.41. The number of hydrogen-bond donors (Lipinski definition) is 2. The van der Waals surface area contributed by atoms with E-state index >= 15 is 0 Å². The Bertz CT molecular complexity index is 529. The average Bonchev–Trinajstić information content (AvgIpc) is 2.33. The Balaban J connectivity index is 2.31. The molecule has 17 heavy (non-hydrogen) atoms. The van der Waals surface area contributed by atoms with Crippen LogP contribution in [0.5, 0.6) is 5.75 Å². The number of nitrogens with two attached hydrogens (primary N) is 1. The fourth-order valence-electron chi connectivity index (χ4n) is 1.53. The van der Waals surface area contributed by atoms with Crippen molar-refractivity contribution in [3.63, 3.8) is 0 Å². The molecule has 2 aromatic carbocycles. The van der Waals surface area contributed by atoms with Crippen molar-refractivity contribution in [1.29, 1.82) is 0 Å². The second-order valence-electron chi connectivity index (χ2n) is 3.56. The Morgan fingerprint density at radius 2 is 1.88 bits per heavy atom. The molecule has 2 rings (SSSR count). The molecular formula is C13H13FN2O. The number of hydrogen-bond acceptors (Lipinski definition) is 3. The molecule has 0 atom stereocenters. The maximum Gasteiger partial charge on any atom is 0.148 e. The quantitative estimate of drug-likeness (QED) is 0.799. The van der Waals surface area contributed by atoms with Gasteiger partial charge in [0, 0.05) is 5.69 Å². The molecule has 88 valence electrons. The molecule has 0 heterocycles. The lowest BCUT2D eigenvalue weighted by Gasteiger charge is -2.11. The van der Waals surface area contributed by atoms with Crippen LogP contribution >= 0.6 is 0 Å². The predicted octanol–water partition coefficient (Wildman–Crippen LogP) is 3.16. The highest BCUT2D eigenvalue weighted by Gasteiger charge is 2.06. The molecule has 0 aliphatic carbocycles. The van der Waals surface area contributed by atoms with Crippen LogP contribution in [0.4, 0.5) is 21.5 Å². The molecule has 0 amide bonds. The summed E-state index contributed by atoms with van der Waals surface area (Å²) in [6.45, 7) is 0. The molecule has 0 unspecified atom stereocenters. The van der Waals surface area contributed by atoms with Gasteiger partial charge in [0.25, 0.3) is 0 Å². The van der Waals surface area contributed by atoms with Crippen molar-refractivity contribution in [3.8, 4) is 5.75 Å². The van der Waals surface area contributed by atoms with E-state index in [1.165, 1.54) is 6.07 Å². The summed E-state index contributed by atoms with van der Waals surface area (Å²) < 4.78 is 18.8. The van der Waals surface area contributed by atoms with Crippen molar-refractivity contribution in [1.82, 2.24) is 0 Å². The third-order valence-electron chi connectivity index (χ3n) is 2.37. The van der Waals surface area contributed by atoms with Crippen molar-refractivity contribution in [3.05, 3.63) is 48.3 Å². The van der Waals surface area contributed by atoms with Crippen LogP contribution in [-0.2, 0) is 0 Å². The third-order valence-corrected chi connectivity index (χ3v) is 2.37. The number of ether oxygens (including phenoxy) is 1. The molecule has 0 spiro atoms. The highest BCUT2D eigenvalue weighted by molar-refractivity contribution is 5.67. The van der Waals surface area contributed by atoms with E-state index in [4.69, 9.17) is 10.5 Å². The molecule has 3 N–H and O–H groups in total. The monoisotopic (exact) mass is 232 g/mol. The Kier molecular flexibility index (Phi) is 3.14. The van der Waals surface area contributed by atoms with E-state index in [1.807, 2.05) is 18.2 Å². The van der Waals surface area contributed by atoms with Crippen molar-refractivity contribution >= 4 is 17.1 Å². The minimum Gasteiger partial charge on any atom is -0.495 e. The van der Waals surface area contributed by atoms with Crippen LogP contribution in [0.1, 0.15) is 0 Å². The lowest BCUT2D eigenvalue weighted by Crippen LogP contribution is -1.97. The van der Waals surface area contributed by atoms with E-state index in [0.29, 0.717) is 22.8 Å². The van der Waals surface area contributed by atoms with Gasteiger partial charge in [-0.2, -0.15) is 0 Å². The summed E-state index contributed by atoms with van der Waals surface area (Å²) >= 11 is 0. The maximum atomic E-state index is 13.6. The smallest absolute Gasteiger partial charge is 0.148 e. The Morgan fingerprint density at radius 3 is 2.59 bits per heavy atom. The van der Waals surface area contributed by atoms with Gasteiger partial charge in [0.05, 0.1) is 18.5 Å². The highest BCUT2D eigenvalue weighted by atomic mass is 19.1. The standard InChI is InChI=1S/C13H13FN2O/c1-17-13-5-3-2-4-12(13)16-11-7-6-9(15)8-10(11)14/h2-8,16H,15H2,1H3. The number of anilines is 3. The summed E-state index contributed by atoms with van der Waals surface area (Å²) in [6, 6.07) is 11.8. The summed E-state index contributed by atoms with van der Waals surface area (Å²) in [4.78, 5) is 0. The van der Waals surface area contributed by atoms with E-state index in [1.54, 1.807) is 25.3 Å². The lowest BCUT2D eigenvalue weighted by molar-refractivity contribution is 0.417. The van der Waals surface area contributed by atoms with E-state index in [-0.39, 0.29) is 0 Å². The summed E-state index contributed by atoms with van der Waals surface area (Å²) in [5.41, 5.74) is 6.95. The SMILES string of the molecule is COc1ccccc1Nc1ccc(N)cc1F. The first kappa shape index (κ1) is 11.3. The van der Waals surface area contributed by atoms with Crippen LogP contribution in [0.15, 0.2) is 42.5 Å². The molecule has 0 radical (unpaired) electrons. The van der Waals surface area contributed by atoms with Gasteiger partial charge in [0.2, 0.25) is 0 Å².